The van der Waals surface area contributed by atoms with Gasteiger partial charge in [0.25, 0.3) is 0 Å². The van der Waals surface area contributed by atoms with E-state index in [4.69, 9.17) is 9.47 Å². The molecule has 0 aromatic heterocycles. The third kappa shape index (κ3) is 6.81. The summed E-state index contributed by atoms with van der Waals surface area (Å²) in [4.78, 5) is 11.0. The van der Waals surface area contributed by atoms with E-state index in [2.05, 4.69) is 5.32 Å². The first-order valence-corrected chi connectivity index (χ1v) is 5.95. The van der Waals surface area contributed by atoms with Crippen molar-refractivity contribution in [3.63, 3.8) is 0 Å². The lowest BCUT2D eigenvalue weighted by atomic mass is 10.5. The van der Waals surface area contributed by atoms with Gasteiger partial charge in [-0.15, -0.1) is 0 Å². The normalized spacial score (nSPS) is 11.7. The molecule has 0 aliphatic heterocycles. The molecule has 0 bridgehead atoms. The van der Waals surface area contributed by atoms with E-state index in [9.17, 15) is 13.2 Å². The summed E-state index contributed by atoms with van der Waals surface area (Å²) in [5.41, 5.74) is 0. The Kier molecular flexibility index (Phi) is 5.66. The van der Waals surface area contributed by atoms with Crippen LogP contribution in [-0.4, -0.2) is 53.4 Å². The molecular weight excluding hydrogens is 210 g/mol. The van der Waals surface area contributed by atoms with Gasteiger partial charge >= 0.3 is 0 Å². The minimum Gasteiger partial charge on any atom is -0.354 e. The van der Waals surface area contributed by atoms with Gasteiger partial charge in [-0.1, -0.05) is 0 Å². The molecule has 1 N–H and O–H groups in total. The van der Waals surface area contributed by atoms with Gasteiger partial charge in [-0.05, 0) is 0 Å². The first-order chi connectivity index (χ1) is 6.39. The number of carbonyl (C=O) groups excluding carboxylic acids is 1. The number of methoxy groups -OCH3 is 2. The average Bonchev–Trinajstić information content (AvgIpc) is 2.03. The fourth-order valence-electron chi connectivity index (χ4n) is 0.749. The van der Waals surface area contributed by atoms with Crippen LogP contribution in [0.15, 0.2) is 0 Å². The van der Waals surface area contributed by atoms with Crippen LogP contribution in [0.5, 0.6) is 0 Å². The van der Waals surface area contributed by atoms with Gasteiger partial charge in [0.05, 0.1) is 6.54 Å². The number of amides is 1. The number of ether oxygens (including phenoxy) is 2. The molecule has 7 heteroatoms. The van der Waals surface area contributed by atoms with Gasteiger partial charge in [-0.2, -0.15) is 0 Å². The molecule has 0 aromatic carbocycles. The number of hydrogen-bond acceptors (Lipinski definition) is 5. The second-order valence-corrected chi connectivity index (χ2v) is 4.92. The molecule has 0 heterocycles. The zero-order valence-corrected chi connectivity index (χ0v) is 9.26. The maximum Gasteiger partial charge on any atom is 0.235 e. The van der Waals surface area contributed by atoms with Gasteiger partial charge in [0, 0.05) is 20.5 Å². The zero-order chi connectivity index (χ0) is 11.2. The van der Waals surface area contributed by atoms with Crippen molar-refractivity contribution in [3.05, 3.63) is 0 Å². The molecule has 0 fully saturated rings. The van der Waals surface area contributed by atoms with Gasteiger partial charge in [0.2, 0.25) is 5.91 Å². The van der Waals surface area contributed by atoms with Gasteiger partial charge < -0.3 is 14.8 Å². The predicted octanol–water partition coefficient (Wildman–Crippen LogP) is -1.23. The van der Waals surface area contributed by atoms with Crippen LogP contribution in [0.1, 0.15) is 0 Å². The Bertz CT molecular complexity index is 270. The first-order valence-electron chi connectivity index (χ1n) is 3.89. The second-order valence-electron chi connectivity index (χ2n) is 2.78. The van der Waals surface area contributed by atoms with Gasteiger partial charge in [0.15, 0.2) is 16.1 Å². The van der Waals surface area contributed by atoms with E-state index in [1.54, 1.807) is 0 Å². The lowest BCUT2D eigenvalue weighted by molar-refractivity contribution is -0.125. The Labute approximate surface area is 83.5 Å². The summed E-state index contributed by atoms with van der Waals surface area (Å²) in [6.07, 6.45) is 0.440. The van der Waals surface area contributed by atoms with Crippen molar-refractivity contribution in [1.29, 1.82) is 0 Å². The highest BCUT2D eigenvalue weighted by Gasteiger charge is 2.12. The molecule has 0 aromatic rings. The van der Waals surface area contributed by atoms with Crippen molar-refractivity contribution in [2.45, 2.75) is 6.29 Å². The molecule has 0 aliphatic carbocycles. The Balaban J connectivity index is 3.85. The fraction of sp³-hybridized carbons (Fsp3) is 0.857. The van der Waals surface area contributed by atoms with Crippen molar-refractivity contribution in [2.24, 2.45) is 0 Å². The summed E-state index contributed by atoms with van der Waals surface area (Å²) >= 11 is 0. The molecule has 0 atom stereocenters. The molecule has 84 valence electrons. The van der Waals surface area contributed by atoms with E-state index in [-0.39, 0.29) is 6.54 Å². The monoisotopic (exact) mass is 225 g/mol. The fourth-order valence-corrected chi connectivity index (χ4v) is 1.33. The largest absolute Gasteiger partial charge is 0.354 e. The van der Waals surface area contributed by atoms with Gasteiger partial charge in [-0.3, -0.25) is 4.79 Å². The topological polar surface area (TPSA) is 81.7 Å². The number of nitrogens with one attached hydrogen (secondary N) is 1. The molecular formula is C7H15NO5S. The van der Waals surface area contributed by atoms with E-state index in [0.29, 0.717) is 0 Å². The molecule has 0 rings (SSSR count). The summed E-state index contributed by atoms with van der Waals surface area (Å²) in [6.45, 7) is 0.126. The Morgan fingerprint density at radius 2 is 1.86 bits per heavy atom. The molecule has 0 spiro atoms. The maximum atomic E-state index is 11.0. The summed E-state index contributed by atoms with van der Waals surface area (Å²) in [5.74, 6) is -1.08. The number of rotatable bonds is 6. The molecule has 0 saturated heterocycles. The second kappa shape index (κ2) is 5.94. The van der Waals surface area contributed by atoms with Crippen molar-refractivity contribution >= 4 is 15.7 Å². The standard InChI is InChI=1S/C7H15NO5S/c1-12-7(13-2)4-8-6(9)5-14(3,10)11/h7H,4-5H2,1-3H3,(H,8,9). The van der Waals surface area contributed by atoms with E-state index in [0.717, 1.165) is 6.26 Å². The number of hydrogen-bond donors (Lipinski definition) is 1. The van der Waals surface area contributed by atoms with E-state index < -0.39 is 27.8 Å². The molecule has 0 radical (unpaired) electrons. The highest BCUT2D eigenvalue weighted by Crippen LogP contribution is 1.88. The summed E-state index contributed by atoms with van der Waals surface area (Å²) in [5, 5.41) is 2.37. The van der Waals surface area contributed by atoms with E-state index in [1.807, 2.05) is 0 Å². The summed E-state index contributed by atoms with van der Waals surface area (Å²) in [7, 11) is -0.423. The molecule has 0 unspecified atom stereocenters. The minimum absolute atomic E-state index is 0.126. The smallest absolute Gasteiger partial charge is 0.235 e. The quantitative estimate of drug-likeness (QED) is 0.572. The molecule has 6 nitrogen and oxygen atoms in total. The van der Waals surface area contributed by atoms with Crippen LogP contribution in [-0.2, 0) is 24.1 Å². The van der Waals surface area contributed by atoms with Crippen molar-refractivity contribution < 1.29 is 22.7 Å². The molecule has 14 heavy (non-hydrogen) atoms. The molecule has 1 amide bonds. The molecule has 0 saturated carbocycles. The number of sulfone groups is 1. The highest BCUT2D eigenvalue weighted by molar-refractivity contribution is 7.91. The number of carbonyl (C=O) groups is 1. The highest BCUT2D eigenvalue weighted by atomic mass is 32.2. The minimum atomic E-state index is -3.28. The van der Waals surface area contributed by atoms with Crippen LogP contribution in [0.2, 0.25) is 0 Å². The van der Waals surface area contributed by atoms with Crippen LogP contribution >= 0.6 is 0 Å². The third-order valence-electron chi connectivity index (χ3n) is 1.38. The van der Waals surface area contributed by atoms with E-state index >= 15 is 0 Å². The SMILES string of the molecule is COC(CNC(=O)CS(C)(=O)=O)OC. The summed E-state index contributed by atoms with van der Waals surface area (Å²) in [6, 6.07) is 0. The van der Waals surface area contributed by atoms with Crippen molar-refractivity contribution in [2.75, 3.05) is 32.8 Å². The Morgan fingerprint density at radius 1 is 1.36 bits per heavy atom. The zero-order valence-electron chi connectivity index (χ0n) is 8.44. The Hall–Kier alpha value is -0.660. The lowest BCUT2D eigenvalue weighted by Crippen LogP contribution is -2.37. The van der Waals surface area contributed by atoms with E-state index in [1.165, 1.54) is 14.2 Å². The van der Waals surface area contributed by atoms with Gasteiger partial charge in [-0.25, -0.2) is 8.42 Å². The molecule has 0 aliphatic rings. The van der Waals surface area contributed by atoms with Crippen molar-refractivity contribution in [3.8, 4) is 0 Å². The predicted molar refractivity (Wildman–Crippen MR) is 50.5 cm³/mol. The first kappa shape index (κ1) is 13.3. The van der Waals surface area contributed by atoms with Crippen molar-refractivity contribution in [1.82, 2.24) is 5.32 Å². The average molecular weight is 225 g/mol. The van der Waals surface area contributed by atoms with Crippen LogP contribution in [0, 0.1) is 0 Å². The lowest BCUT2D eigenvalue weighted by Gasteiger charge is -2.13. The van der Waals surface area contributed by atoms with Gasteiger partial charge in [0.1, 0.15) is 5.75 Å². The summed E-state index contributed by atoms with van der Waals surface area (Å²) < 4.78 is 31.0. The Morgan fingerprint density at radius 3 is 2.21 bits per heavy atom. The van der Waals surface area contributed by atoms with Crippen LogP contribution in [0.4, 0.5) is 0 Å². The van der Waals surface area contributed by atoms with Crippen LogP contribution in [0.25, 0.3) is 0 Å². The maximum absolute atomic E-state index is 11.0. The van der Waals surface area contributed by atoms with Crippen LogP contribution < -0.4 is 5.32 Å². The van der Waals surface area contributed by atoms with Crippen LogP contribution in [0.3, 0.4) is 0 Å². The third-order valence-corrected chi connectivity index (χ3v) is 2.17.